The predicted molar refractivity (Wildman–Crippen MR) is 87.5 cm³/mol. The first-order valence-corrected chi connectivity index (χ1v) is 9.00. The molecule has 0 heterocycles. The molecule has 0 saturated carbocycles. The van der Waals surface area contributed by atoms with E-state index in [2.05, 4.69) is 6.92 Å². The zero-order chi connectivity index (χ0) is 16.1. The van der Waals surface area contributed by atoms with Gasteiger partial charge in [0, 0.05) is 6.42 Å². The van der Waals surface area contributed by atoms with Crippen LogP contribution in [0.5, 0.6) is 0 Å². The first-order chi connectivity index (χ1) is 9.94. The minimum Gasteiger partial charge on any atom is -0.462 e. The molecule has 21 heavy (non-hydrogen) atoms. The summed E-state index contributed by atoms with van der Waals surface area (Å²) in [4.78, 5) is 23.3. The highest BCUT2D eigenvalue weighted by Crippen LogP contribution is 2.23. The number of carbonyl (C=O) groups excluding carboxylic acids is 2. The Hall–Kier alpha value is -0.710. The zero-order valence-electron chi connectivity index (χ0n) is 13.9. The van der Waals surface area contributed by atoms with Crippen LogP contribution in [-0.4, -0.2) is 36.7 Å². The van der Waals surface area contributed by atoms with Gasteiger partial charge in [0.2, 0.25) is 0 Å². The van der Waals surface area contributed by atoms with E-state index in [0.717, 1.165) is 37.2 Å². The SMILES string of the molecule is CCCSCCCC(=O)OCCOC(=O)C(C)(C)CCC. The van der Waals surface area contributed by atoms with Crippen LogP contribution in [0, 0.1) is 5.41 Å². The van der Waals surface area contributed by atoms with Gasteiger partial charge in [-0.2, -0.15) is 11.8 Å². The molecule has 0 N–H and O–H groups in total. The Labute approximate surface area is 133 Å². The molecule has 0 radical (unpaired) electrons. The molecule has 5 heteroatoms. The lowest BCUT2D eigenvalue weighted by Gasteiger charge is -2.21. The number of ether oxygens (including phenoxy) is 2. The third kappa shape index (κ3) is 10.6. The summed E-state index contributed by atoms with van der Waals surface area (Å²) in [5.41, 5.74) is -0.463. The molecule has 0 bridgehead atoms. The van der Waals surface area contributed by atoms with Crippen molar-refractivity contribution in [3.05, 3.63) is 0 Å². The minimum absolute atomic E-state index is 0.141. The average molecular weight is 318 g/mol. The van der Waals surface area contributed by atoms with Gasteiger partial charge in [-0.05, 0) is 44.6 Å². The van der Waals surface area contributed by atoms with Gasteiger partial charge in [0.25, 0.3) is 0 Å². The van der Waals surface area contributed by atoms with Crippen LogP contribution in [-0.2, 0) is 19.1 Å². The van der Waals surface area contributed by atoms with Crippen molar-refractivity contribution in [3.63, 3.8) is 0 Å². The molecule has 0 aliphatic heterocycles. The fourth-order valence-corrected chi connectivity index (χ4v) is 2.69. The molecule has 0 aromatic heterocycles. The molecule has 0 rings (SSSR count). The van der Waals surface area contributed by atoms with Crippen LogP contribution in [0.3, 0.4) is 0 Å². The van der Waals surface area contributed by atoms with Gasteiger partial charge in [0.15, 0.2) is 0 Å². The van der Waals surface area contributed by atoms with E-state index < -0.39 is 5.41 Å². The number of rotatable bonds is 12. The molecule has 0 aliphatic rings. The number of hydrogen-bond acceptors (Lipinski definition) is 5. The second kappa shape index (κ2) is 11.9. The first-order valence-electron chi connectivity index (χ1n) is 7.84. The average Bonchev–Trinajstić information content (AvgIpc) is 2.43. The van der Waals surface area contributed by atoms with Gasteiger partial charge < -0.3 is 9.47 Å². The monoisotopic (exact) mass is 318 g/mol. The Bertz CT molecular complexity index is 303. The minimum atomic E-state index is -0.463. The number of esters is 2. The van der Waals surface area contributed by atoms with Gasteiger partial charge in [-0.3, -0.25) is 9.59 Å². The highest BCUT2D eigenvalue weighted by molar-refractivity contribution is 7.99. The molecule has 0 aliphatic carbocycles. The maximum atomic E-state index is 11.8. The Morgan fingerprint density at radius 1 is 1.00 bits per heavy atom. The van der Waals surface area contributed by atoms with E-state index >= 15 is 0 Å². The van der Waals surface area contributed by atoms with Gasteiger partial charge in [0.1, 0.15) is 13.2 Å². The summed E-state index contributed by atoms with van der Waals surface area (Å²) < 4.78 is 10.2. The smallest absolute Gasteiger partial charge is 0.311 e. The van der Waals surface area contributed by atoms with E-state index in [0.29, 0.717) is 6.42 Å². The summed E-state index contributed by atoms with van der Waals surface area (Å²) >= 11 is 1.86. The van der Waals surface area contributed by atoms with Crippen molar-refractivity contribution >= 4 is 23.7 Å². The van der Waals surface area contributed by atoms with Gasteiger partial charge >= 0.3 is 11.9 Å². The van der Waals surface area contributed by atoms with Crippen molar-refractivity contribution in [2.24, 2.45) is 5.41 Å². The van der Waals surface area contributed by atoms with Crippen LogP contribution in [0.1, 0.15) is 59.8 Å². The fourth-order valence-electron chi connectivity index (χ4n) is 1.85. The van der Waals surface area contributed by atoms with Crippen molar-refractivity contribution in [1.82, 2.24) is 0 Å². The van der Waals surface area contributed by atoms with Crippen LogP contribution in [0.4, 0.5) is 0 Å². The van der Waals surface area contributed by atoms with Crippen molar-refractivity contribution in [1.29, 1.82) is 0 Å². The Balaban J connectivity index is 3.61. The predicted octanol–water partition coefficient (Wildman–Crippen LogP) is 3.82. The largest absolute Gasteiger partial charge is 0.462 e. The van der Waals surface area contributed by atoms with Crippen LogP contribution in [0.15, 0.2) is 0 Å². The summed E-state index contributed by atoms with van der Waals surface area (Å²) in [6.07, 6.45) is 4.17. The van der Waals surface area contributed by atoms with Crippen molar-refractivity contribution in [2.75, 3.05) is 24.7 Å². The van der Waals surface area contributed by atoms with E-state index in [9.17, 15) is 9.59 Å². The van der Waals surface area contributed by atoms with Gasteiger partial charge in [-0.1, -0.05) is 20.3 Å². The number of thioether (sulfide) groups is 1. The third-order valence-corrected chi connectivity index (χ3v) is 4.30. The number of carbonyl (C=O) groups is 2. The lowest BCUT2D eigenvalue weighted by Crippen LogP contribution is -2.27. The lowest BCUT2D eigenvalue weighted by atomic mass is 9.88. The Morgan fingerprint density at radius 2 is 1.67 bits per heavy atom. The molecule has 0 amide bonds. The topological polar surface area (TPSA) is 52.6 Å². The highest BCUT2D eigenvalue weighted by Gasteiger charge is 2.28. The molecule has 0 aromatic rings. The molecule has 0 spiro atoms. The molecular formula is C16H30O4S. The highest BCUT2D eigenvalue weighted by atomic mass is 32.2. The molecule has 4 nitrogen and oxygen atoms in total. The zero-order valence-corrected chi connectivity index (χ0v) is 14.7. The summed E-state index contributed by atoms with van der Waals surface area (Å²) in [6.45, 7) is 8.22. The van der Waals surface area contributed by atoms with Crippen LogP contribution >= 0.6 is 11.8 Å². The molecule has 0 fully saturated rings. The lowest BCUT2D eigenvalue weighted by molar-refractivity contribution is -0.159. The van der Waals surface area contributed by atoms with E-state index in [-0.39, 0.29) is 25.2 Å². The summed E-state index contributed by atoms with van der Waals surface area (Å²) in [6, 6.07) is 0. The van der Waals surface area contributed by atoms with Crippen LogP contribution in [0.25, 0.3) is 0 Å². The molecular weight excluding hydrogens is 288 g/mol. The van der Waals surface area contributed by atoms with Gasteiger partial charge in [-0.15, -0.1) is 0 Å². The summed E-state index contributed by atoms with van der Waals surface area (Å²) in [5.74, 6) is 1.69. The summed E-state index contributed by atoms with van der Waals surface area (Å²) in [5, 5.41) is 0. The maximum Gasteiger partial charge on any atom is 0.311 e. The van der Waals surface area contributed by atoms with Crippen molar-refractivity contribution in [2.45, 2.75) is 59.8 Å². The van der Waals surface area contributed by atoms with Crippen molar-refractivity contribution in [3.8, 4) is 0 Å². The first kappa shape index (κ1) is 20.3. The van der Waals surface area contributed by atoms with E-state index in [1.807, 2.05) is 32.5 Å². The Morgan fingerprint density at radius 3 is 2.29 bits per heavy atom. The molecule has 124 valence electrons. The second-order valence-electron chi connectivity index (χ2n) is 5.71. The molecule has 0 aromatic carbocycles. The molecule has 0 saturated heterocycles. The van der Waals surface area contributed by atoms with Gasteiger partial charge in [0.05, 0.1) is 5.41 Å². The van der Waals surface area contributed by atoms with Crippen molar-refractivity contribution < 1.29 is 19.1 Å². The normalized spacial score (nSPS) is 11.2. The van der Waals surface area contributed by atoms with E-state index in [1.165, 1.54) is 0 Å². The molecule has 0 atom stereocenters. The second-order valence-corrected chi connectivity index (χ2v) is 6.93. The fraction of sp³-hybridized carbons (Fsp3) is 0.875. The molecule has 0 unspecified atom stereocenters. The van der Waals surface area contributed by atoms with Crippen LogP contribution in [0.2, 0.25) is 0 Å². The van der Waals surface area contributed by atoms with E-state index in [1.54, 1.807) is 0 Å². The summed E-state index contributed by atoms with van der Waals surface area (Å²) in [7, 11) is 0. The van der Waals surface area contributed by atoms with E-state index in [4.69, 9.17) is 9.47 Å². The standard InChI is InChI=1S/C16H30O4S/c1-5-9-16(3,4)15(18)20-11-10-19-14(17)8-7-13-21-12-6-2/h5-13H2,1-4H3. The number of hydrogen-bond donors (Lipinski definition) is 0. The third-order valence-electron chi connectivity index (χ3n) is 3.03. The van der Waals surface area contributed by atoms with Crippen LogP contribution < -0.4 is 0 Å². The van der Waals surface area contributed by atoms with Gasteiger partial charge in [-0.25, -0.2) is 0 Å². The Kier molecular flexibility index (Phi) is 11.5. The maximum absolute atomic E-state index is 11.8. The quantitative estimate of drug-likeness (QED) is 0.404.